The van der Waals surface area contributed by atoms with Gasteiger partial charge in [-0.25, -0.2) is 8.93 Å². The fraction of sp³-hybridized carbons (Fsp3) is 0.667. The molecule has 148 valence electrons. The molecule has 0 aromatic heterocycles. The normalized spacial score (nSPS) is 19.3. The zero-order valence-corrected chi connectivity index (χ0v) is 16.1. The van der Waals surface area contributed by atoms with Crippen molar-refractivity contribution in [3.05, 3.63) is 35.4 Å². The Hall–Kier alpha value is -0.960. The Balaban J connectivity index is 2.24. The number of hydrogen-bond acceptors (Lipinski definition) is 3. The van der Waals surface area contributed by atoms with Gasteiger partial charge in [0, 0.05) is 12.5 Å². The smallest absolute Gasteiger partial charge is 0.353 e. The van der Waals surface area contributed by atoms with E-state index in [1.165, 1.54) is 12.1 Å². The van der Waals surface area contributed by atoms with Gasteiger partial charge in [0.1, 0.15) is 0 Å². The lowest BCUT2D eigenvalue weighted by Gasteiger charge is -2.29. The molecule has 0 spiro atoms. The van der Waals surface area contributed by atoms with Crippen LogP contribution in [0.2, 0.25) is 0 Å². The molecule has 1 aromatic carbocycles. The van der Waals surface area contributed by atoms with Crippen molar-refractivity contribution in [2.45, 2.75) is 63.3 Å². The van der Waals surface area contributed by atoms with Crippen molar-refractivity contribution in [1.29, 1.82) is 0 Å². The first-order valence-corrected chi connectivity index (χ1v) is 9.81. The zero-order chi connectivity index (χ0) is 19.4. The Kier molecular flexibility index (Phi) is 7.24. The third-order valence-electron chi connectivity index (χ3n) is 4.03. The van der Waals surface area contributed by atoms with E-state index in [4.69, 9.17) is 9.47 Å². The van der Waals surface area contributed by atoms with Crippen LogP contribution in [-0.4, -0.2) is 28.5 Å². The molecule has 2 rings (SSSR count). The second kappa shape index (κ2) is 8.82. The van der Waals surface area contributed by atoms with Crippen LogP contribution in [0.5, 0.6) is 0 Å². The summed E-state index contributed by atoms with van der Waals surface area (Å²) in [6, 6.07) is 4.69. The van der Waals surface area contributed by atoms with Crippen molar-refractivity contribution in [1.82, 2.24) is 4.72 Å². The fourth-order valence-corrected chi connectivity index (χ4v) is 3.51. The van der Waals surface area contributed by atoms with Crippen molar-refractivity contribution in [3.8, 4) is 0 Å². The zero-order valence-electron chi connectivity index (χ0n) is 15.3. The maximum atomic E-state index is 13.4. The Bertz CT molecular complexity index is 610. The number of hydrogen-bond donors (Lipinski definition) is 1. The van der Waals surface area contributed by atoms with Gasteiger partial charge in [-0.15, -0.1) is 0 Å². The number of ether oxygens (including phenoxy) is 2. The van der Waals surface area contributed by atoms with E-state index in [1.54, 1.807) is 26.8 Å². The van der Waals surface area contributed by atoms with Gasteiger partial charge in [-0.1, -0.05) is 18.2 Å². The van der Waals surface area contributed by atoms with Crippen molar-refractivity contribution >= 4 is 11.0 Å². The van der Waals surface area contributed by atoms with Crippen molar-refractivity contribution in [2.75, 3.05) is 13.2 Å². The highest BCUT2D eigenvalue weighted by Crippen LogP contribution is 2.36. The second-order valence-electron chi connectivity index (χ2n) is 7.24. The van der Waals surface area contributed by atoms with Gasteiger partial charge in [-0.3, -0.25) is 0 Å². The third kappa shape index (κ3) is 6.04. The van der Waals surface area contributed by atoms with Gasteiger partial charge in [0.05, 0.1) is 34.5 Å². The molecular weight excluding hydrogens is 367 g/mol. The summed E-state index contributed by atoms with van der Waals surface area (Å²) in [6.45, 7) is 6.48. The summed E-state index contributed by atoms with van der Waals surface area (Å²) in [5.41, 5.74) is -0.623. The van der Waals surface area contributed by atoms with Crippen LogP contribution in [0.15, 0.2) is 24.3 Å². The van der Waals surface area contributed by atoms with Gasteiger partial charge in [-0.2, -0.15) is 13.2 Å². The average Bonchev–Trinajstić information content (AvgIpc) is 2.57. The molecule has 1 saturated heterocycles. The molecule has 2 atom stereocenters. The molecule has 0 radical (unpaired) electrons. The number of halogens is 3. The lowest BCUT2D eigenvalue weighted by atomic mass is 9.97. The molecule has 0 bridgehead atoms. The molecule has 0 aliphatic carbocycles. The third-order valence-corrected chi connectivity index (χ3v) is 5.65. The van der Waals surface area contributed by atoms with Crippen LogP contribution in [0.25, 0.3) is 0 Å². The SMILES string of the molecule is CC(C)(C)S(=O)N[C@@H](CCC1OCCCO1)c1ccccc1C(F)(F)F. The Morgan fingerprint density at radius 2 is 1.81 bits per heavy atom. The van der Waals surface area contributed by atoms with Crippen molar-refractivity contribution in [3.63, 3.8) is 0 Å². The van der Waals surface area contributed by atoms with Gasteiger partial charge >= 0.3 is 6.18 Å². The van der Waals surface area contributed by atoms with Crippen LogP contribution in [0.3, 0.4) is 0 Å². The van der Waals surface area contributed by atoms with E-state index in [0.717, 1.165) is 12.5 Å². The highest BCUT2D eigenvalue weighted by molar-refractivity contribution is 7.84. The second-order valence-corrected chi connectivity index (χ2v) is 9.24. The maximum absolute atomic E-state index is 13.4. The molecule has 1 fully saturated rings. The molecule has 26 heavy (non-hydrogen) atoms. The highest BCUT2D eigenvalue weighted by atomic mass is 32.2. The summed E-state index contributed by atoms with van der Waals surface area (Å²) in [4.78, 5) is 0. The topological polar surface area (TPSA) is 47.6 Å². The number of alkyl halides is 3. The van der Waals surface area contributed by atoms with Crippen LogP contribution in [0.1, 0.15) is 57.2 Å². The predicted molar refractivity (Wildman–Crippen MR) is 94.8 cm³/mol. The lowest BCUT2D eigenvalue weighted by molar-refractivity contribution is -0.182. The van der Waals surface area contributed by atoms with Gasteiger partial charge in [-0.05, 0) is 45.2 Å². The molecule has 1 heterocycles. The lowest BCUT2D eigenvalue weighted by Crippen LogP contribution is -2.37. The first-order chi connectivity index (χ1) is 12.1. The summed E-state index contributed by atoms with van der Waals surface area (Å²) in [5.74, 6) is 0. The summed E-state index contributed by atoms with van der Waals surface area (Å²) < 4.78 is 66.0. The minimum atomic E-state index is -4.47. The van der Waals surface area contributed by atoms with E-state index >= 15 is 0 Å². The molecule has 1 aliphatic heterocycles. The number of rotatable bonds is 6. The quantitative estimate of drug-likeness (QED) is 0.782. The number of nitrogens with one attached hydrogen (secondary N) is 1. The van der Waals surface area contributed by atoms with Crippen LogP contribution in [-0.2, 0) is 26.6 Å². The molecular formula is C18H26F3NO3S. The summed E-state index contributed by atoms with van der Waals surface area (Å²) in [5, 5.41) is 0. The molecule has 1 N–H and O–H groups in total. The summed E-state index contributed by atoms with van der Waals surface area (Å²) in [7, 11) is -1.51. The van der Waals surface area contributed by atoms with Gasteiger partial charge in [0.15, 0.2) is 6.29 Å². The molecule has 1 aromatic rings. The summed E-state index contributed by atoms with van der Waals surface area (Å²) in [6.07, 6.45) is -3.36. The highest BCUT2D eigenvalue weighted by Gasteiger charge is 2.36. The summed E-state index contributed by atoms with van der Waals surface area (Å²) >= 11 is 0. The van der Waals surface area contributed by atoms with E-state index in [0.29, 0.717) is 26.1 Å². The average molecular weight is 393 g/mol. The van der Waals surface area contributed by atoms with Gasteiger partial charge < -0.3 is 9.47 Å². The fourth-order valence-electron chi connectivity index (χ4n) is 2.65. The van der Waals surface area contributed by atoms with E-state index in [9.17, 15) is 17.4 Å². The Morgan fingerprint density at radius 3 is 2.38 bits per heavy atom. The standard InChI is InChI=1S/C18H26F3NO3S/c1-17(2,3)26(23)22-15(9-10-16-24-11-6-12-25-16)13-7-4-5-8-14(13)18(19,20)21/h4-5,7-8,15-16,22H,6,9-12H2,1-3H3/t15-,26?/m0/s1. The van der Waals surface area contributed by atoms with Crippen molar-refractivity contribution in [2.24, 2.45) is 0 Å². The monoisotopic (exact) mass is 393 g/mol. The van der Waals surface area contributed by atoms with E-state index in [1.807, 2.05) is 0 Å². The maximum Gasteiger partial charge on any atom is 0.416 e. The molecule has 8 heteroatoms. The Morgan fingerprint density at radius 1 is 1.19 bits per heavy atom. The molecule has 0 amide bonds. The first-order valence-electron chi connectivity index (χ1n) is 8.66. The molecule has 1 aliphatic rings. The molecule has 1 unspecified atom stereocenters. The minimum Gasteiger partial charge on any atom is -0.353 e. The Labute approximate surface area is 155 Å². The van der Waals surface area contributed by atoms with Gasteiger partial charge in [0.2, 0.25) is 0 Å². The van der Waals surface area contributed by atoms with E-state index in [2.05, 4.69) is 4.72 Å². The van der Waals surface area contributed by atoms with Gasteiger partial charge in [0.25, 0.3) is 0 Å². The number of benzene rings is 1. The molecule has 4 nitrogen and oxygen atoms in total. The largest absolute Gasteiger partial charge is 0.416 e. The first kappa shape index (κ1) is 21.3. The van der Waals surface area contributed by atoms with E-state index < -0.39 is 39.8 Å². The van der Waals surface area contributed by atoms with E-state index in [-0.39, 0.29) is 5.56 Å². The van der Waals surface area contributed by atoms with Crippen LogP contribution in [0, 0.1) is 0 Å². The molecule has 0 saturated carbocycles. The van der Waals surface area contributed by atoms with Crippen LogP contribution >= 0.6 is 0 Å². The van der Waals surface area contributed by atoms with Crippen LogP contribution in [0.4, 0.5) is 13.2 Å². The predicted octanol–water partition coefficient (Wildman–Crippen LogP) is 4.34. The van der Waals surface area contributed by atoms with Crippen LogP contribution < -0.4 is 4.72 Å². The minimum absolute atomic E-state index is 0.0911. The van der Waals surface area contributed by atoms with Crippen molar-refractivity contribution < 1.29 is 26.9 Å².